The van der Waals surface area contributed by atoms with Crippen molar-refractivity contribution >= 4 is 5.91 Å². The van der Waals surface area contributed by atoms with Crippen LogP contribution in [0.3, 0.4) is 0 Å². The maximum atomic E-state index is 11.5. The summed E-state index contributed by atoms with van der Waals surface area (Å²) in [5.41, 5.74) is 5.72. The van der Waals surface area contributed by atoms with Crippen LogP contribution in [0.4, 0.5) is 0 Å². The van der Waals surface area contributed by atoms with Crippen LogP contribution in [0, 0.1) is 17.3 Å². The minimum Gasteiger partial charge on any atom is -0.369 e. The molecule has 1 saturated heterocycles. The Hall–Kier alpha value is -0.570. The van der Waals surface area contributed by atoms with E-state index < -0.39 is 0 Å². The maximum absolute atomic E-state index is 11.5. The van der Waals surface area contributed by atoms with Crippen LogP contribution in [0.15, 0.2) is 0 Å². The number of carbonyl (C=O) groups excluding carboxylic acids is 1. The lowest BCUT2D eigenvalue weighted by Crippen LogP contribution is -2.41. The fourth-order valence-corrected chi connectivity index (χ4v) is 3.68. The first-order chi connectivity index (χ1) is 7.68. The third-order valence-electron chi connectivity index (χ3n) is 4.71. The molecule has 1 saturated carbocycles. The zero-order valence-electron chi connectivity index (χ0n) is 10.3. The maximum Gasteiger partial charge on any atom is 0.222 e. The van der Waals surface area contributed by atoms with E-state index in [1.54, 1.807) is 0 Å². The molecule has 1 heterocycles. The number of nitrogens with two attached hydrogens (primary N) is 1. The molecule has 0 radical (unpaired) electrons. The van der Waals surface area contributed by atoms with Crippen molar-refractivity contribution < 1.29 is 4.79 Å². The fraction of sp³-hybridized carbons (Fsp3) is 0.923. The van der Waals surface area contributed by atoms with Crippen LogP contribution in [0.2, 0.25) is 0 Å². The van der Waals surface area contributed by atoms with E-state index in [1.165, 1.54) is 38.5 Å². The van der Waals surface area contributed by atoms with Gasteiger partial charge in [-0.2, -0.15) is 0 Å². The monoisotopic (exact) mass is 224 g/mol. The number of amides is 1. The molecule has 3 nitrogen and oxygen atoms in total. The smallest absolute Gasteiger partial charge is 0.222 e. The number of rotatable bonds is 3. The third-order valence-corrected chi connectivity index (χ3v) is 4.71. The van der Waals surface area contributed by atoms with Crippen LogP contribution in [0.25, 0.3) is 0 Å². The summed E-state index contributed by atoms with van der Waals surface area (Å²) in [6.45, 7) is 4.06. The molecule has 1 unspecified atom stereocenters. The SMILES string of the molecule is CCCC1CCC2(CC1)CNCC2C(N)=O. The van der Waals surface area contributed by atoms with Gasteiger partial charge >= 0.3 is 0 Å². The Bertz CT molecular complexity index is 257. The zero-order valence-corrected chi connectivity index (χ0v) is 10.3. The van der Waals surface area contributed by atoms with E-state index in [0.717, 1.165) is 19.0 Å². The second kappa shape index (κ2) is 4.74. The summed E-state index contributed by atoms with van der Waals surface area (Å²) in [5.74, 6) is 0.874. The first-order valence-corrected chi connectivity index (χ1v) is 6.68. The second-order valence-electron chi connectivity index (χ2n) is 5.68. The highest BCUT2D eigenvalue weighted by Crippen LogP contribution is 2.47. The summed E-state index contributed by atoms with van der Waals surface area (Å²) in [4.78, 5) is 11.5. The van der Waals surface area contributed by atoms with E-state index in [2.05, 4.69) is 12.2 Å². The topological polar surface area (TPSA) is 55.1 Å². The van der Waals surface area contributed by atoms with Crippen molar-refractivity contribution in [1.82, 2.24) is 5.32 Å². The van der Waals surface area contributed by atoms with Crippen molar-refractivity contribution in [3.63, 3.8) is 0 Å². The van der Waals surface area contributed by atoms with E-state index in [4.69, 9.17) is 5.73 Å². The van der Waals surface area contributed by atoms with E-state index in [9.17, 15) is 4.79 Å². The normalized spacial score (nSPS) is 39.1. The zero-order chi connectivity index (χ0) is 11.6. The van der Waals surface area contributed by atoms with Gasteiger partial charge in [0.15, 0.2) is 0 Å². The summed E-state index contributed by atoms with van der Waals surface area (Å²) in [6, 6.07) is 0. The lowest BCUT2D eigenvalue weighted by Gasteiger charge is -2.40. The minimum absolute atomic E-state index is 0.0788. The summed E-state index contributed by atoms with van der Waals surface area (Å²) >= 11 is 0. The average molecular weight is 224 g/mol. The first kappa shape index (κ1) is 11.9. The van der Waals surface area contributed by atoms with Gasteiger partial charge in [-0.25, -0.2) is 0 Å². The molecular weight excluding hydrogens is 200 g/mol. The standard InChI is InChI=1S/C13H24N2O/c1-2-3-10-4-6-13(7-5-10)9-15-8-11(13)12(14)16/h10-11,15H,2-9H2,1H3,(H2,14,16). The number of primary amides is 1. The highest BCUT2D eigenvalue weighted by Gasteiger charge is 2.47. The van der Waals surface area contributed by atoms with Gasteiger partial charge in [0, 0.05) is 13.1 Å². The van der Waals surface area contributed by atoms with Crippen molar-refractivity contribution in [1.29, 1.82) is 0 Å². The molecule has 3 N–H and O–H groups in total. The van der Waals surface area contributed by atoms with Crippen molar-refractivity contribution in [3.8, 4) is 0 Å². The molecule has 0 aromatic carbocycles. The Kier molecular flexibility index (Phi) is 3.53. The predicted molar refractivity (Wildman–Crippen MR) is 64.9 cm³/mol. The van der Waals surface area contributed by atoms with E-state index in [1.807, 2.05) is 0 Å². The fourth-order valence-electron chi connectivity index (χ4n) is 3.68. The largest absolute Gasteiger partial charge is 0.369 e. The number of hydrogen-bond donors (Lipinski definition) is 2. The molecule has 0 aromatic heterocycles. The Labute approximate surface area is 98.2 Å². The Balaban J connectivity index is 1.97. The van der Waals surface area contributed by atoms with Crippen LogP contribution in [-0.4, -0.2) is 19.0 Å². The van der Waals surface area contributed by atoms with E-state index in [0.29, 0.717) is 0 Å². The molecule has 92 valence electrons. The Morgan fingerprint density at radius 1 is 1.44 bits per heavy atom. The summed E-state index contributed by atoms with van der Waals surface area (Å²) in [6.07, 6.45) is 7.61. The van der Waals surface area contributed by atoms with Gasteiger partial charge in [-0.15, -0.1) is 0 Å². The van der Waals surface area contributed by atoms with Gasteiger partial charge in [0.05, 0.1) is 5.92 Å². The van der Waals surface area contributed by atoms with Gasteiger partial charge in [0.2, 0.25) is 5.91 Å². The Morgan fingerprint density at radius 3 is 2.69 bits per heavy atom. The third kappa shape index (κ3) is 2.10. The van der Waals surface area contributed by atoms with Gasteiger partial charge in [0.25, 0.3) is 0 Å². The molecule has 1 atom stereocenters. The molecule has 1 aliphatic carbocycles. The molecule has 2 fully saturated rings. The molecule has 2 rings (SSSR count). The molecule has 0 bridgehead atoms. The van der Waals surface area contributed by atoms with Crippen molar-refractivity contribution in [2.75, 3.05) is 13.1 Å². The van der Waals surface area contributed by atoms with Gasteiger partial charge in [-0.1, -0.05) is 19.8 Å². The van der Waals surface area contributed by atoms with Crippen LogP contribution in [0.5, 0.6) is 0 Å². The van der Waals surface area contributed by atoms with E-state index >= 15 is 0 Å². The molecular formula is C13H24N2O. The quantitative estimate of drug-likeness (QED) is 0.766. The van der Waals surface area contributed by atoms with Crippen molar-refractivity contribution in [3.05, 3.63) is 0 Å². The van der Waals surface area contributed by atoms with Crippen LogP contribution in [0.1, 0.15) is 45.4 Å². The minimum atomic E-state index is -0.0982. The molecule has 3 heteroatoms. The van der Waals surface area contributed by atoms with Crippen LogP contribution < -0.4 is 11.1 Å². The number of nitrogens with one attached hydrogen (secondary N) is 1. The predicted octanol–water partition coefficient (Wildman–Crippen LogP) is 1.67. The summed E-state index contributed by atoms with van der Waals surface area (Å²) < 4.78 is 0. The van der Waals surface area contributed by atoms with Gasteiger partial charge in [-0.3, -0.25) is 4.79 Å². The highest BCUT2D eigenvalue weighted by molar-refractivity contribution is 5.78. The molecule has 1 amide bonds. The Morgan fingerprint density at radius 2 is 2.12 bits per heavy atom. The highest BCUT2D eigenvalue weighted by atomic mass is 16.1. The van der Waals surface area contributed by atoms with Gasteiger partial charge < -0.3 is 11.1 Å². The first-order valence-electron chi connectivity index (χ1n) is 6.68. The molecule has 1 spiro atoms. The summed E-state index contributed by atoms with van der Waals surface area (Å²) in [5, 5.41) is 3.36. The van der Waals surface area contributed by atoms with E-state index in [-0.39, 0.29) is 17.2 Å². The van der Waals surface area contributed by atoms with Gasteiger partial charge in [-0.05, 0) is 37.0 Å². The van der Waals surface area contributed by atoms with Crippen LogP contribution in [-0.2, 0) is 4.79 Å². The molecule has 16 heavy (non-hydrogen) atoms. The lowest BCUT2D eigenvalue weighted by atomic mass is 9.64. The van der Waals surface area contributed by atoms with Crippen molar-refractivity contribution in [2.45, 2.75) is 45.4 Å². The molecule has 2 aliphatic rings. The van der Waals surface area contributed by atoms with Gasteiger partial charge in [0.1, 0.15) is 0 Å². The van der Waals surface area contributed by atoms with Crippen LogP contribution >= 0.6 is 0 Å². The lowest BCUT2D eigenvalue weighted by molar-refractivity contribution is -0.125. The number of carbonyl (C=O) groups is 1. The second-order valence-corrected chi connectivity index (χ2v) is 5.68. The molecule has 1 aliphatic heterocycles. The summed E-state index contributed by atoms with van der Waals surface area (Å²) in [7, 11) is 0. The number of hydrogen-bond acceptors (Lipinski definition) is 2. The van der Waals surface area contributed by atoms with Crippen molar-refractivity contribution in [2.24, 2.45) is 23.0 Å². The molecule has 0 aromatic rings. The average Bonchev–Trinajstić information content (AvgIpc) is 2.66.